The van der Waals surface area contributed by atoms with Crippen molar-refractivity contribution >= 4 is 34.6 Å². The van der Waals surface area contributed by atoms with Crippen molar-refractivity contribution in [3.05, 3.63) is 68.8 Å². The summed E-state index contributed by atoms with van der Waals surface area (Å²) in [6.07, 6.45) is 5.64. The molecule has 5 heteroatoms. The van der Waals surface area contributed by atoms with Crippen molar-refractivity contribution < 1.29 is 14.3 Å². The SMILES string of the molecule is COC(=O)Cc1ccc(OCc2ccccc2/C=C\CCN(C)C)c(I)c1. The number of hydrogen-bond donors (Lipinski definition) is 0. The molecule has 0 aliphatic heterocycles. The zero-order valence-electron chi connectivity index (χ0n) is 16.1. The van der Waals surface area contributed by atoms with Gasteiger partial charge in [0, 0.05) is 6.54 Å². The number of carbonyl (C=O) groups excluding carboxylic acids is 1. The van der Waals surface area contributed by atoms with Gasteiger partial charge in [-0.2, -0.15) is 0 Å². The Kier molecular flexibility index (Phi) is 8.81. The topological polar surface area (TPSA) is 38.8 Å². The first-order chi connectivity index (χ1) is 13.0. The summed E-state index contributed by atoms with van der Waals surface area (Å²) in [5, 5.41) is 0. The zero-order chi connectivity index (χ0) is 19.6. The molecule has 0 spiro atoms. The minimum absolute atomic E-state index is 0.241. The van der Waals surface area contributed by atoms with Crippen LogP contribution in [0, 0.1) is 3.57 Å². The summed E-state index contributed by atoms with van der Waals surface area (Å²) in [7, 11) is 5.55. The van der Waals surface area contributed by atoms with Gasteiger partial charge >= 0.3 is 5.97 Å². The molecule has 2 aromatic rings. The average molecular weight is 479 g/mol. The van der Waals surface area contributed by atoms with Crippen LogP contribution >= 0.6 is 22.6 Å². The molecule has 0 unspecified atom stereocenters. The van der Waals surface area contributed by atoms with Crippen molar-refractivity contribution in [3.8, 4) is 5.75 Å². The minimum Gasteiger partial charge on any atom is -0.488 e. The van der Waals surface area contributed by atoms with Gasteiger partial charge in [0.2, 0.25) is 0 Å². The maximum Gasteiger partial charge on any atom is 0.309 e. The summed E-state index contributed by atoms with van der Waals surface area (Å²) >= 11 is 2.23. The van der Waals surface area contributed by atoms with Crippen LogP contribution in [0.15, 0.2) is 48.5 Å². The number of carbonyl (C=O) groups is 1. The predicted molar refractivity (Wildman–Crippen MR) is 118 cm³/mol. The average Bonchev–Trinajstić information content (AvgIpc) is 2.65. The molecule has 0 aliphatic rings. The second kappa shape index (κ2) is 11.1. The van der Waals surface area contributed by atoms with Crippen molar-refractivity contribution in [2.45, 2.75) is 19.4 Å². The third kappa shape index (κ3) is 7.34. The van der Waals surface area contributed by atoms with Gasteiger partial charge < -0.3 is 14.4 Å². The van der Waals surface area contributed by atoms with E-state index in [1.165, 1.54) is 12.7 Å². The summed E-state index contributed by atoms with van der Waals surface area (Å²) in [5.41, 5.74) is 3.24. The van der Waals surface area contributed by atoms with Gasteiger partial charge in [-0.3, -0.25) is 4.79 Å². The van der Waals surface area contributed by atoms with Gasteiger partial charge in [-0.05, 0) is 71.9 Å². The molecule has 0 aromatic heterocycles. The van der Waals surface area contributed by atoms with E-state index in [0.717, 1.165) is 33.4 Å². The summed E-state index contributed by atoms with van der Waals surface area (Å²) in [4.78, 5) is 13.6. The van der Waals surface area contributed by atoms with Crippen molar-refractivity contribution in [2.75, 3.05) is 27.7 Å². The molecule has 0 aliphatic carbocycles. The molecule has 0 saturated carbocycles. The first-order valence-electron chi connectivity index (χ1n) is 8.87. The van der Waals surface area contributed by atoms with Gasteiger partial charge in [0.15, 0.2) is 0 Å². The molecule has 0 saturated heterocycles. The molecular formula is C22H26INO3. The Morgan fingerprint density at radius 1 is 1.19 bits per heavy atom. The van der Waals surface area contributed by atoms with Gasteiger partial charge in [-0.1, -0.05) is 42.5 Å². The highest BCUT2D eigenvalue weighted by Gasteiger charge is 2.08. The van der Waals surface area contributed by atoms with Crippen LogP contribution in [-0.2, 0) is 22.6 Å². The molecule has 0 bridgehead atoms. The number of hydrogen-bond acceptors (Lipinski definition) is 4. The largest absolute Gasteiger partial charge is 0.488 e. The fourth-order valence-corrected chi connectivity index (χ4v) is 3.27. The molecule has 144 valence electrons. The van der Waals surface area contributed by atoms with E-state index in [1.54, 1.807) is 0 Å². The van der Waals surface area contributed by atoms with E-state index >= 15 is 0 Å². The van der Waals surface area contributed by atoms with Crippen molar-refractivity contribution in [3.63, 3.8) is 0 Å². The van der Waals surface area contributed by atoms with Gasteiger partial charge in [-0.15, -0.1) is 0 Å². The van der Waals surface area contributed by atoms with E-state index in [9.17, 15) is 4.79 Å². The summed E-state index contributed by atoms with van der Waals surface area (Å²) in [5.74, 6) is 0.574. The van der Waals surface area contributed by atoms with E-state index in [2.05, 4.69) is 65.9 Å². The lowest BCUT2D eigenvalue weighted by atomic mass is 10.1. The molecular weight excluding hydrogens is 453 g/mol. The second-order valence-corrected chi connectivity index (χ2v) is 7.66. The predicted octanol–water partition coefficient (Wildman–Crippen LogP) is 4.55. The number of esters is 1. The van der Waals surface area contributed by atoms with Crippen LogP contribution in [0.3, 0.4) is 0 Å². The first-order valence-corrected chi connectivity index (χ1v) is 9.94. The molecule has 2 rings (SSSR count). The van der Waals surface area contributed by atoms with Crippen molar-refractivity contribution in [1.82, 2.24) is 4.90 Å². The summed E-state index contributed by atoms with van der Waals surface area (Å²) in [6.45, 7) is 1.53. The first kappa shape index (κ1) is 21.4. The van der Waals surface area contributed by atoms with E-state index < -0.39 is 0 Å². The molecule has 2 aromatic carbocycles. The van der Waals surface area contributed by atoms with Crippen molar-refractivity contribution in [1.29, 1.82) is 0 Å². The lowest BCUT2D eigenvalue weighted by Gasteiger charge is -2.12. The van der Waals surface area contributed by atoms with E-state index in [0.29, 0.717) is 6.61 Å². The van der Waals surface area contributed by atoms with Crippen LogP contribution in [0.2, 0.25) is 0 Å². The Morgan fingerprint density at radius 3 is 2.67 bits per heavy atom. The smallest absolute Gasteiger partial charge is 0.309 e. The number of benzene rings is 2. The highest BCUT2D eigenvalue weighted by Crippen LogP contribution is 2.24. The molecule has 4 nitrogen and oxygen atoms in total. The molecule has 0 N–H and O–H groups in total. The van der Waals surface area contributed by atoms with Crippen LogP contribution in [0.25, 0.3) is 6.08 Å². The normalized spacial score (nSPS) is 11.1. The Balaban J connectivity index is 2.01. The third-order valence-corrected chi connectivity index (χ3v) is 4.89. The standard InChI is InChI=1S/C22H26INO3/c1-24(2)13-7-6-9-18-8-4-5-10-19(18)16-27-21-12-11-17(14-20(21)23)15-22(25)26-3/h4-6,8-12,14H,7,13,15-16H2,1-3H3/b9-6-. The molecule has 0 amide bonds. The van der Waals surface area contributed by atoms with Gasteiger partial charge in [0.25, 0.3) is 0 Å². The van der Waals surface area contributed by atoms with Crippen LogP contribution in [-0.4, -0.2) is 38.6 Å². The van der Waals surface area contributed by atoms with Crippen LogP contribution in [0.4, 0.5) is 0 Å². The zero-order valence-corrected chi connectivity index (χ0v) is 18.2. The molecule has 0 radical (unpaired) electrons. The summed E-state index contributed by atoms with van der Waals surface area (Å²) in [6, 6.07) is 14.0. The minimum atomic E-state index is -0.241. The third-order valence-electron chi connectivity index (χ3n) is 4.05. The van der Waals surface area contributed by atoms with Crippen LogP contribution < -0.4 is 4.74 Å². The molecule has 0 heterocycles. The second-order valence-electron chi connectivity index (χ2n) is 6.50. The van der Waals surface area contributed by atoms with Gasteiger partial charge in [0.05, 0.1) is 17.1 Å². The van der Waals surface area contributed by atoms with E-state index in [4.69, 9.17) is 9.47 Å². The molecule has 0 atom stereocenters. The maximum absolute atomic E-state index is 11.4. The van der Waals surface area contributed by atoms with Crippen molar-refractivity contribution in [2.24, 2.45) is 0 Å². The van der Waals surface area contributed by atoms with Crippen LogP contribution in [0.1, 0.15) is 23.1 Å². The van der Waals surface area contributed by atoms with Crippen LogP contribution in [0.5, 0.6) is 5.75 Å². The number of ether oxygens (including phenoxy) is 2. The quantitative estimate of drug-likeness (QED) is 0.391. The molecule has 27 heavy (non-hydrogen) atoms. The number of halogens is 1. The van der Waals surface area contributed by atoms with E-state index in [-0.39, 0.29) is 12.4 Å². The Bertz CT molecular complexity index is 787. The Morgan fingerprint density at radius 2 is 1.96 bits per heavy atom. The highest BCUT2D eigenvalue weighted by atomic mass is 127. The lowest BCUT2D eigenvalue weighted by molar-refractivity contribution is -0.139. The monoisotopic (exact) mass is 479 g/mol. The number of nitrogens with zero attached hydrogens (tertiary/aromatic N) is 1. The maximum atomic E-state index is 11.4. The highest BCUT2D eigenvalue weighted by molar-refractivity contribution is 14.1. The number of rotatable bonds is 9. The Labute approximate surface area is 175 Å². The van der Waals surface area contributed by atoms with E-state index in [1.807, 2.05) is 30.3 Å². The fourth-order valence-electron chi connectivity index (χ4n) is 2.54. The lowest BCUT2D eigenvalue weighted by Crippen LogP contribution is -2.11. The fraction of sp³-hybridized carbons (Fsp3) is 0.318. The van der Waals surface area contributed by atoms with Gasteiger partial charge in [-0.25, -0.2) is 0 Å². The molecule has 0 fully saturated rings. The number of methoxy groups -OCH3 is 1. The Hall–Kier alpha value is -1.86. The van der Waals surface area contributed by atoms with Gasteiger partial charge in [0.1, 0.15) is 12.4 Å². The summed E-state index contributed by atoms with van der Waals surface area (Å²) < 4.78 is 11.7.